The van der Waals surface area contributed by atoms with Crippen LogP contribution in [0.3, 0.4) is 0 Å². The molecule has 0 spiro atoms. The molecule has 0 fully saturated rings. The number of hydrogen-bond acceptors (Lipinski definition) is 3. The normalized spacial score (nSPS) is 11.5. The Bertz CT molecular complexity index is 405. The van der Waals surface area contributed by atoms with Crippen molar-refractivity contribution in [3.05, 3.63) is 38.3 Å². The van der Waals surface area contributed by atoms with Gasteiger partial charge in [0, 0.05) is 22.1 Å². The number of halogens is 1. The lowest BCUT2D eigenvalue weighted by atomic mass is 9.95. The number of benzene rings is 1. The molecule has 0 saturated heterocycles. The number of rotatable bonds is 4. The Balaban J connectivity index is 3.01. The molecule has 0 radical (unpaired) electrons. The fraction of sp³-hybridized carbons (Fsp3) is 0.455. The molecule has 1 aromatic rings. The van der Waals surface area contributed by atoms with E-state index in [1.54, 1.807) is 6.07 Å². The van der Waals surface area contributed by atoms with Gasteiger partial charge in [-0.05, 0) is 38.9 Å². The van der Waals surface area contributed by atoms with E-state index in [0.29, 0.717) is 0 Å². The molecule has 0 aromatic heterocycles. The minimum Gasteiger partial charge on any atom is -0.314 e. The highest BCUT2D eigenvalue weighted by Crippen LogP contribution is 2.23. The van der Waals surface area contributed by atoms with Gasteiger partial charge in [0.25, 0.3) is 5.69 Å². The maximum Gasteiger partial charge on any atom is 0.270 e. The molecule has 5 heteroatoms. The number of nitrogens with zero attached hydrogens (tertiary/aromatic N) is 1. The Hall–Kier alpha value is -0.940. The van der Waals surface area contributed by atoms with Crippen molar-refractivity contribution in [1.82, 2.24) is 5.32 Å². The van der Waals surface area contributed by atoms with Crippen LogP contribution in [0, 0.1) is 10.1 Å². The summed E-state index contributed by atoms with van der Waals surface area (Å²) >= 11 is 3.29. The van der Waals surface area contributed by atoms with E-state index in [2.05, 4.69) is 35.1 Å². The lowest BCUT2D eigenvalue weighted by Crippen LogP contribution is -2.38. The molecule has 1 N–H and O–H groups in total. The van der Waals surface area contributed by atoms with Crippen LogP contribution in [0.15, 0.2) is 22.7 Å². The molecular formula is C11H15BrN2O2. The largest absolute Gasteiger partial charge is 0.314 e. The summed E-state index contributed by atoms with van der Waals surface area (Å²) in [5.74, 6) is 0. The van der Waals surface area contributed by atoms with Gasteiger partial charge >= 0.3 is 0 Å². The lowest BCUT2D eigenvalue weighted by Gasteiger charge is -2.23. The van der Waals surface area contributed by atoms with E-state index in [9.17, 15) is 10.1 Å². The van der Waals surface area contributed by atoms with E-state index >= 15 is 0 Å². The molecule has 0 amide bonds. The summed E-state index contributed by atoms with van der Waals surface area (Å²) in [7, 11) is 1.88. The smallest absolute Gasteiger partial charge is 0.270 e. The third-order valence-electron chi connectivity index (χ3n) is 2.48. The van der Waals surface area contributed by atoms with Gasteiger partial charge < -0.3 is 5.32 Å². The molecule has 0 aliphatic carbocycles. The molecular weight excluding hydrogens is 272 g/mol. The van der Waals surface area contributed by atoms with Crippen LogP contribution in [0.5, 0.6) is 0 Å². The van der Waals surface area contributed by atoms with Gasteiger partial charge in [-0.15, -0.1) is 0 Å². The fourth-order valence-corrected chi connectivity index (χ4v) is 1.97. The maximum absolute atomic E-state index is 10.7. The summed E-state index contributed by atoms with van der Waals surface area (Å²) in [4.78, 5) is 10.3. The van der Waals surface area contributed by atoms with E-state index < -0.39 is 0 Å². The molecule has 16 heavy (non-hydrogen) atoms. The van der Waals surface area contributed by atoms with Crippen molar-refractivity contribution in [3.8, 4) is 0 Å². The summed E-state index contributed by atoms with van der Waals surface area (Å²) in [5, 5.41) is 13.9. The molecule has 0 atom stereocenters. The van der Waals surface area contributed by atoms with Crippen LogP contribution in [-0.2, 0) is 6.42 Å². The van der Waals surface area contributed by atoms with Gasteiger partial charge in [-0.25, -0.2) is 0 Å². The predicted molar refractivity (Wildman–Crippen MR) is 67.6 cm³/mol. The average molecular weight is 287 g/mol. The number of likely N-dealkylation sites (N-methyl/N-ethyl adjacent to an activating group) is 1. The third-order valence-corrected chi connectivity index (χ3v) is 2.93. The standard InChI is InChI=1S/C11H15BrN2O2/c1-11(2,13-3)7-8-4-9(12)6-10(5-8)14(15)16/h4-6,13H,7H2,1-3H3. The fourth-order valence-electron chi connectivity index (χ4n) is 1.44. The van der Waals surface area contributed by atoms with Crippen LogP contribution in [0.4, 0.5) is 5.69 Å². The number of non-ortho nitro benzene ring substituents is 1. The van der Waals surface area contributed by atoms with Gasteiger partial charge in [0.1, 0.15) is 0 Å². The molecule has 0 unspecified atom stereocenters. The highest BCUT2D eigenvalue weighted by atomic mass is 79.9. The van der Waals surface area contributed by atoms with Crippen LogP contribution >= 0.6 is 15.9 Å². The van der Waals surface area contributed by atoms with Gasteiger partial charge in [-0.1, -0.05) is 15.9 Å². The second-order valence-corrected chi connectivity index (χ2v) is 5.30. The average Bonchev–Trinajstić information content (AvgIpc) is 2.16. The summed E-state index contributed by atoms with van der Waals surface area (Å²) in [5.41, 5.74) is 0.992. The highest BCUT2D eigenvalue weighted by Gasteiger charge is 2.17. The Kier molecular flexibility index (Phi) is 4.04. The molecule has 0 aliphatic heterocycles. The number of nitro benzene ring substituents is 1. The van der Waals surface area contributed by atoms with Gasteiger partial charge in [0.2, 0.25) is 0 Å². The molecule has 0 saturated carbocycles. The molecule has 1 aromatic carbocycles. The quantitative estimate of drug-likeness (QED) is 0.684. The molecule has 88 valence electrons. The molecule has 0 bridgehead atoms. The summed E-state index contributed by atoms with van der Waals surface area (Å²) in [6.45, 7) is 4.11. The van der Waals surface area contributed by atoms with Crippen LogP contribution < -0.4 is 5.32 Å². The van der Waals surface area contributed by atoms with Crippen molar-refractivity contribution in [2.75, 3.05) is 7.05 Å². The van der Waals surface area contributed by atoms with Crippen LogP contribution in [-0.4, -0.2) is 17.5 Å². The second-order valence-electron chi connectivity index (χ2n) is 4.39. The van der Waals surface area contributed by atoms with Crippen molar-refractivity contribution in [2.24, 2.45) is 0 Å². The minimum absolute atomic E-state index is 0.0747. The maximum atomic E-state index is 10.7. The topological polar surface area (TPSA) is 55.2 Å². The van der Waals surface area contributed by atoms with Crippen LogP contribution in [0.25, 0.3) is 0 Å². The summed E-state index contributed by atoms with van der Waals surface area (Å²) in [6, 6.07) is 5.03. The first-order valence-electron chi connectivity index (χ1n) is 4.97. The van der Waals surface area contributed by atoms with Crippen molar-refractivity contribution >= 4 is 21.6 Å². The first-order chi connectivity index (χ1) is 7.34. The zero-order valence-electron chi connectivity index (χ0n) is 9.58. The van der Waals surface area contributed by atoms with E-state index in [-0.39, 0.29) is 16.1 Å². The number of nitrogens with one attached hydrogen (secondary N) is 1. The number of nitro groups is 1. The highest BCUT2D eigenvalue weighted by molar-refractivity contribution is 9.10. The van der Waals surface area contributed by atoms with Crippen molar-refractivity contribution in [1.29, 1.82) is 0 Å². The second kappa shape index (κ2) is 4.93. The Labute approximate surface area is 103 Å². The van der Waals surface area contributed by atoms with Crippen LogP contribution in [0.2, 0.25) is 0 Å². The Morgan fingerprint density at radius 3 is 2.56 bits per heavy atom. The summed E-state index contributed by atoms with van der Waals surface area (Å²) in [6.07, 6.45) is 0.740. The monoisotopic (exact) mass is 286 g/mol. The zero-order valence-corrected chi connectivity index (χ0v) is 11.2. The van der Waals surface area contributed by atoms with Crippen molar-refractivity contribution < 1.29 is 4.92 Å². The molecule has 1 rings (SSSR count). The SMILES string of the molecule is CNC(C)(C)Cc1cc(Br)cc([N+](=O)[O-])c1. The van der Waals surface area contributed by atoms with E-state index in [1.165, 1.54) is 6.07 Å². The third kappa shape index (κ3) is 3.57. The first kappa shape index (κ1) is 13.1. The Morgan fingerprint density at radius 1 is 1.44 bits per heavy atom. The van der Waals surface area contributed by atoms with Gasteiger partial charge in [-0.2, -0.15) is 0 Å². The van der Waals surface area contributed by atoms with Gasteiger partial charge in [0.05, 0.1) is 4.92 Å². The van der Waals surface area contributed by atoms with Gasteiger partial charge in [0.15, 0.2) is 0 Å². The van der Waals surface area contributed by atoms with E-state index in [0.717, 1.165) is 16.5 Å². The van der Waals surface area contributed by atoms with Crippen LogP contribution in [0.1, 0.15) is 19.4 Å². The Morgan fingerprint density at radius 2 is 2.06 bits per heavy atom. The van der Waals surface area contributed by atoms with Crippen molar-refractivity contribution in [2.45, 2.75) is 25.8 Å². The minimum atomic E-state index is -0.374. The molecule has 0 heterocycles. The van der Waals surface area contributed by atoms with Gasteiger partial charge in [-0.3, -0.25) is 10.1 Å². The summed E-state index contributed by atoms with van der Waals surface area (Å²) < 4.78 is 0.739. The lowest BCUT2D eigenvalue weighted by molar-refractivity contribution is -0.385. The van der Waals surface area contributed by atoms with E-state index in [4.69, 9.17) is 0 Å². The first-order valence-corrected chi connectivity index (χ1v) is 5.76. The van der Waals surface area contributed by atoms with Crippen molar-refractivity contribution in [3.63, 3.8) is 0 Å². The van der Waals surface area contributed by atoms with E-state index in [1.807, 2.05) is 13.1 Å². The number of hydrogen-bond donors (Lipinski definition) is 1. The predicted octanol–water partition coefficient (Wildman–Crippen LogP) is 2.90. The molecule has 0 aliphatic rings. The zero-order chi connectivity index (χ0) is 12.3. The molecule has 4 nitrogen and oxygen atoms in total.